The van der Waals surface area contributed by atoms with Crippen LogP contribution in [0, 0.1) is 11.3 Å². The number of carbonyl (C=O) groups is 2. The number of rotatable bonds is 3. The minimum absolute atomic E-state index is 0.0961. The van der Waals surface area contributed by atoms with E-state index in [1.54, 1.807) is 30.3 Å². The lowest BCUT2D eigenvalue weighted by molar-refractivity contribution is -0.130. The zero-order valence-electron chi connectivity index (χ0n) is 11.4. The van der Waals surface area contributed by atoms with Gasteiger partial charge in [-0.2, -0.15) is 5.26 Å². The first-order valence-corrected chi connectivity index (χ1v) is 6.55. The molecule has 1 fully saturated rings. The Labute approximate surface area is 122 Å². The zero-order valence-corrected chi connectivity index (χ0v) is 11.4. The highest BCUT2D eigenvalue weighted by Crippen LogP contribution is 2.05. The summed E-state index contributed by atoms with van der Waals surface area (Å²) < 4.78 is 5.15. The van der Waals surface area contributed by atoms with Crippen LogP contribution in [0.1, 0.15) is 10.4 Å². The summed E-state index contributed by atoms with van der Waals surface area (Å²) in [6, 6.07) is 10.4. The minimum atomic E-state index is -0.394. The van der Waals surface area contributed by atoms with Crippen LogP contribution in [0.25, 0.3) is 0 Å². The first-order valence-electron chi connectivity index (χ1n) is 6.55. The molecule has 1 N–H and O–H groups in total. The van der Waals surface area contributed by atoms with E-state index in [9.17, 15) is 9.59 Å². The maximum absolute atomic E-state index is 12.1. The van der Waals surface area contributed by atoms with Crippen LogP contribution in [0.2, 0.25) is 0 Å². The predicted molar refractivity (Wildman–Crippen MR) is 75.0 cm³/mol. The van der Waals surface area contributed by atoms with Gasteiger partial charge in [-0.15, -0.1) is 0 Å². The lowest BCUT2D eigenvalue weighted by Gasteiger charge is -2.26. The predicted octanol–water partition coefficient (Wildman–Crippen LogP) is 0.683. The molecule has 1 heterocycles. The molecular formula is C15H15N3O3. The van der Waals surface area contributed by atoms with Crippen molar-refractivity contribution in [3.05, 3.63) is 47.7 Å². The van der Waals surface area contributed by atoms with Crippen molar-refractivity contribution in [2.75, 3.05) is 26.3 Å². The van der Waals surface area contributed by atoms with Gasteiger partial charge in [0, 0.05) is 24.9 Å². The molecule has 2 rings (SSSR count). The number of carbonyl (C=O) groups excluding carboxylic acids is 2. The Kier molecular flexibility index (Phi) is 5.07. The third-order valence-corrected chi connectivity index (χ3v) is 3.03. The van der Waals surface area contributed by atoms with Crippen LogP contribution in [0.15, 0.2) is 42.1 Å². The van der Waals surface area contributed by atoms with Crippen molar-refractivity contribution in [3.8, 4) is 6.07 Å². The monoisotopic (exact) mass is 285 g/mol. The third-order valence-electron chi connectivity index (χ3n) is 3.03. The summed E-state index contributed by atoms with van der Waals surface area (Å²) in [5.74, 6) is -0.757. The van der Waals surface area contributed by atoms with Crippen molar-refractivity contribution in [2.45, 2.75) is 0 Å². The lowest BCUT2D eigenvalue weighted by atomic mass is 10.2. The average molecular weight is 285 g/mol. The molecule has 0 unspecified atom stereocenters. The van der Waals surface area contributed by atoms with E-state index >= 15 is 0 Å². The standard InChI is InChI=1S/C15H15N3O3/c16-10-13(15(20)18-6-8-21-9-7-18)11-17-14(19)12-4-2-1-3-5-12/h1-5,11H,6-9H2,(H,17,19). The molecule has 21 heavy (non-hydrogen) atoms. The average Bonchev–Trinajstić information content (AvgIpc) is 2.56. The largest absolute Gasteiger partial charge is 0.378 e. The van der Waals surface area contributed by atoms with Crippen molar-refractivity contribution in [1.82, 2.24) is 10.2 Å². The van der Waals surface area contributed by atoms with E-state index in [1.165, 1.54) is 4.90 Å². The highest BCUT2D eigenvalue weighted by atomic mass is 16.5. The van der Waals surface area contributed by atoms with Crippen LogP contribution < -0.4 is 5.32 Å². The first-order chi connectivity index (χ1) is 10.2. The Hall–Kier alpha value is -2.65. The van der Waals surface area contributed by atoms with E-state index in [0.29, 0.717) is 31.9 Å². The Morgan fingerprint density at radius 1 is 1.24 bits per heavy atom. The zero-order chi connectivity index (χ0) is 15.1. The van der Waals surface area contributed by atoms with Crippen molar-refractivity contribution in [1.29, 1.82) is 5.26 Å². The molecule has 0 aromatic heterocycles. The number of hydrogen-bond acceptors (Lipinski definition) is 4. The van der Waals surface area contributed by atoms with Crippen LogP contribution in [-0.4, -0.2) is 43.0 Å². The molecule has 0 radical (unpaired) electrons. The summed E-state index contributed by atoms with van der Waals surface area (Å²) in [6.07, 6.45) is 1.16. The molecule has 0 atom stereocenters. The minimum Gasteiger partial charge on any atom is -0.378 e. The maximum Gasteiger partial charge on any atom is 0.266 e. The molecule has 0 saturated carbocycles. The summed E-state index contributed by atoms with van der Waals surface area (Å²) in [6.45, 7) is 1.82. The normalized spacial score (nSPS) is 15.2. The Balaban J connectivity index is 2.02. The van der Waals surface area contributed by atoms with E-state index in [-0.39, 0.29) is 11.5 Å². The first kappa shape index (κ1) is 14.8. The second kappa shape index (κ2) is 7.22. The Morgan fingerprint density at radius 2 is 1.90 bits per heavy atom. The molecule has 1 aliphatic rings. The van der Waals surface area contributed by atoms with Crippen molar-refractivity contribution in [2.24, 2.45) is 0 Å². The molecule has 1 aromatic rings. The Morgan fingerprint density at radius 3 is 2.52 bits per heavy atom. The van der Waals surface area contributed by atoms with Crippen molar-refractivity contribution < 1.29 is 14.3 Å². The fraction of sp³-hybridized carbons (Fsp3) is 0.267. The van der Waals surface area contributed by atoms with Gasteiger partial charge < -0.3 is 15.0 Å². The van der Waals surface area contributed by atoms with Crippen LogP contribution >= 0.6 is 0 Å². The molecule has 6 heteroatoms. The second-order valence-electron chi connectivity index (χ2n) is 4.41. The summed E-state index contributed by atoms with van der Waals surface area (Å²) in [7, 11) is 0. The number of morpholine rings is 1. The van der Waals surface area contributed by atoms with Crippen molar-refractivity contribution >= 4 is 11.8 Å². The van der Waals surface area contributed by atoms with Gasteiger partial charge in [0.15, 0.2) is 0 Å². The molecule has 0 bridgehead atoms. The molecular weight excluding hydrogens is 270 g/mol. The van der Waals surface area contributed by atoms with E-state index in [1.807, 2.05) is 6.07 Å². The molecule has 1 saturated heterocycles. The highest BCUT2D eigenvalue weighted by Gasteiger charge is 2.20. The van der Waals surface area contributed by atoms with Gasteiger partial charge in [-0.1, -0.05) is 18.2 Å². The lowest BCUT2D eigenvalue weighted by Crippen LogP contribution is -2.41. The smallest absolute Gasteiger partial charge is 0.266 e. The molecule has 0 spiro atoms. The van der Waals surface area contributed by atoms with E-state index < -0.39 is 5.91 Å². The number of nitrogens with one attached hydrogen (secondary N) is 1. The van der Waals surface area contributed by atoms with Crippen molar-refractivity contribution in [3.63, 3.8) is 0 Å². The van der Waals surface area contributed by atoms with Gasteiger partial charge in [0.05, 0.1) is 13.2 Å². The number of nitriles is 1. The quantitative estimate of drug-likeness (QED) is 0.654. The molecule has 1 aliphatic heterocycles. The number of benzene rings is 1. The van der Waals surface area contributed by atoms with Crippen LogP contribution in [-0.2, 0) is 9.53 Å². The van der Waals surface area contributed by atoms with Crippen LogP contribution in [0.5, 0.6) is 0 Å². The van der Waals surface area contributed by atoms with Gasteiger partial charge in [0.1, 0.15) is 11.6 Å². The SMILES string of the molecule is N#CC(=CNC(=O)c1ccccc1)C(=O)N1CCOCC1. The Bertz CT molecular complexity index is 584. The van der Waals surface area contributed by atoms with Gasteiger partial charge in [0.25, 0.3) is 11.8 Å². The molecule has 6 nitrogen and oxygen atoms in total. The fourth-order valence-corrected chi connectivity index (χ4v) is 1.89. The number of hydrogen-bond donors (Lipinski definition) is 1. The number of amides is 2. The van der Waals surface area contributed by atoms with Gasteiger partial charge in [-0.3, -0.25) is 9.59 Å². The van der Waals surface area contributed by atoms with E-state index in [4.69, 9.17) is 10.00 Å². The number of nitrogens with zero attached hydrogens (tertiary/aromatic N) is 2. The molecule has 0 aliphatic carbocycles. The van der Waals surface area contributed by atoms with Gasteiger partial charge in [-0.05, 0) is 12.1 Å². The van der Waals surface area contributed by atoms with Gasteiger partial charge in [0.2, 0.25) is 0 Å². The van der Waals surface area contributed by atoms with Crippen LogP contribution in [0.3, 0.4) is 0 Å². The van der Waals surface area contributed by atoms with Gasteiger partial charge in [-0.25, -0.2) is 0 Å². The third kappa shape index (κ3) is 3.91. The highest BCUT2D eigenvalue weighted by molar-refractivity contribution is 5.99. The maximum atomic E-state index is 12.1. The summed E-state index contributed by atoms with van der Waals surface area (Å²) in [5.41, 5.74) is 0.367. The summed E-state index contributed by atoms with van der Waals surface area (Å²) in [4.78, 5) is 25.5. The fourth-order valence-electron chi connectivity index (χ4n) is 1.89. The molecule has 1 aromatic carbocycles. The molecule has 108 valence electrons. The number of ether oxygens (including phenoxy) is 1. The van der Waals surface area contributed by atoms with E-state index in [0.717, 1.165) is 6.20 Å². The van der Waals surface area contributed by atoms with Gasteiger partial charge >= 0.3 is 0 Å². The topological polar surface area (TPSA) is 82.4 Å². The summed E-state index contributed by atoms with van der Waals surface area (Å²) in [5, 5.41) is 11.5. The van der Waals surface area contributed by atoms with E-state index in [2.05, 4.69) is 5.32 Å². The van der Waals surface area contributed by atoms with Crippen LogP contribution in [0.4, 0.5) is 0 Å². The second-order valence-corrected chi connectivity index (χ2v) is 4.41. The summed E-state index contributed by atoms with van der Waals surface area (Å²) >= 11 is 0. The molecule has 2 amide bonds.